The van der Waals surface area contributed by atoms with Gasteiger partial charge in [-0.15, -0.1) is 0 Å². The molecule has 2 nitrogen and oxygen atoms in total. The largest absolute Gasteiger partial charge is 0.481 e. The van der Waals surface area contributed by atoms with Gasteiger partial charge in [0.15, 0.2) is 0 Å². The summed E-state index contributed by atoms with van der Waals surface area (Å²) in [7, 11) is 0. The van der Waals surface area contributed by atoms with E-state index in [-0.39, 0.29) is 11.3 Å². The Balaban J connectivity index is 2.75. The molecule has 1 atom stereocenters. The summed E-state index contributed by atoms with van der Waals surface area (Å²) in [6, 6.07) is 0. The molecule has 0 aromatic carbocycles. The molecule has 2 heteroatoms. The summed E-state index contributed by atoms with van der Waals surface area (Å²) in [5.41, 5.74) is -0.147. The number of carboxylic acids is 1. The molecular formula is C8H12O2. The van der Waals surface area contributed by atoms with Crippen LogP contribution in [0.15, 0.2) is 12.2 Å². The lowest BCUT2D eigenvalue weighted by molar-refractivity contribution is -0.144. The van der Waals surface area contributed by atoms with Gasteiger partial charge < -0.3 is 5.11 Å². The fraction of sp³-hybridized carbons (Fsp3) is 0.625. The lowest BCUT2D eigenvalue weighted by Gasteiger charge is -2.21. The van der Waals surface area contributed by atoms with Crippen molar-refractivity contribution >= 4 is 5.97 Å². The summed E-state index contributed by atoms with van der Waals surface area (Å²) in [4.78, 5) is 10.6. The molecule has 56 valence electrons. The highest BCUT2D eigenvalue weighted by atomic mass is 16.4. The standard InChI is InChI=1S/C8H12O2/c1-8(2)5-3-4-6(8)7(9)10/h3,5-6H,4H2,1-2H3,(H,9,10). The van der Waals surface area contributed by atoms with Crippen molar-refractivity contribution in [3.05, 3.63) is 12.2 Å². The molecule has 0 amide bonds. The van der Waals surface area contributed by atoms with Crippen LogP contribution in [0.25, 0.3) is 0 Å². The van der Waals surface area contributed by atoms with Gasteiger partial charge in [0, 0.05) is 0 Å². The monoisotopic (exact) mass is 140 g/mol. The van der Waals surface area contributed by atoms with Crippen LogP contribution in [-0.2, 0) is 4.79 Å². The lowest BCUT2D eigenvalue weighted by Crippen LogP contribution is -2.25. The van der Waals surface area contributed by atoms with Gasteiger partial charge in [0.2, 0.25) is 0 Å². The van der Waals surface area contributed by atoms with Crippen LogP contribution >= 0.6 is 0 Å². The Labute approximate surface area is 60.6 Å². The van der Waals surface area contributed by atoms with Crippen LogP contribution in [0, 0.1) is 11.3 Å². The molecule has 1 aliphatic rings. The fourth-order valence-corrected chi connectivity index (χ4v) is 1.35. The van der Waals surface area contributed by atoms with Gasteiger partial charge in [0.1, 0.15) is 0 Å². The van der Waals surface area contributed by atoms with E-state index in [1.165, 1.54) is 0 Å². The zero-order valence-electron chi connectivity index (χ0n) is 6.29. The number of carbonyl (C=O) groups is 1. The van der Waals surface area contributed by atoms with E-state index in [0.29, 0.717) is 6.42 Å². The minimum atomic E-state index is -0.685. The molecule has 1 rings (SSSR count). The summed E-state index contributed by atoms with van der Waals surface area (Å²) in [5.74, 6) is -0.900. The Morgan fingerprint density at radius 2 is 2.30 bits per heavy atom. The average molecular weight is 140 g/mol. The van der Waals surface area contributed by atoms with Crippen molar-refractivity contribution in [3.63, 3.8) is 0 Å². The molecule has 1 aliphatic carbocycles. The fourth-order valence-electron chi connectivity index (χ4n) is 1.35. The molecule has 0 fully saturated rings. The Bertz CT molecular complexity index is 180. The first kappa shape index (κ1) is 7.32. The molecule has 0 aromatic rings. The van der Waals surface area contributed by atoms with E-state index in [4.69, 9.17) is 5.11 Å². The number of aliphatic carboxylic acids is 1. The number of hydrogen-bond donors (Lipinski definition) is 1. The lowest BCUT2D eigenvalue weighted by atomic mass is 9.82. The molecule has 10 heavy (non-hydrogen) atoms. The average Bonchev–Trinajstić information content (AvgIpc) is 2.08. The summed E-state index contributed by atoms with van der Waals surface area (Å²) in [5, 5.41) is 8.71. The summed E-state index contributed by atoms with van der Waals surface area (Å²) in [6.07, 6.45) is 4.60. The number of hydrogen-bond acceptors (Lipinski definition) is 1. The highest BCUT2D eigenvalue weighted by Crippen LogP contribution is 2.36. The Morgan fingerprint density at radius 1 is 1.70 bits per heavy atom. The molecule has 1 N–H and O–H groups in total. The van der Waals surface area contributed by atoms with Crippen LogP contribution in [0.4, 0.5) is 0 Å². The normalized spacial score (nSPS) is 28.8. The van der Waals surface area contributed by atoms with Crippen LogP contribution in [0.1, 0.15) is 20.3 Å². The Hall–Kier alpha value is -0.790. The van der Waals surface area contributed by atoms with Crippen molar-refractivity contribution in [3.8, 4) is 0 Å². The number of allylic oxidation sites excluding steroid dienone is 2. The predicted octanol–water partition coefficient (Wildman–Crippen LogP) is 1.67. The van der Waals surface area contributed by atoms with Gasteiger partial charge in [0.25, 0.3) is 0 Å². The first-order valence-corrected chi connectivity index (χ1v) is 3.44. The van der Waals surface area contributed by atoms with E-state index in [1.54, 1.807) is 0 Å². The smallest absolute Gasteiger partial charge is 0.307 e. The van der Waals surface area contributed by atoms with Crippen molar-refractivity contribution in [1.82, 2.24) is 0 Å². The van der Waals surface area contributed by atoms with Gasteiger partial charge in [-0.25, -0.2) is 0 Å². The van der Waals surface area contributed by atoms with Crippen molar-refractivity contribution in [1.29, 1.82) is 0 Å². The number of rotatable bonds is 1. The van der Waals surface area contributed by atoms with E-state index < -0.39 is 5.97 Å². The van der Waals surface area contributed by atoms with Crippen LogP contribution < -0.4 is 0 Å². The molecule has 0 aliphatic heterocycles. The number of carboxylic acid groups (broad SMARTS) is 1. The molecule has 0 bridgehead atoms. The molecule has 0 saturated heterocycles. The van der Waals surface area contributed by atoms with Gasteiger partial charge in [0.05, 0.1) is 5.92 Å². The maximum absolute atomic E-state index is 10.6. The predicted molar refractivity (Wildman–Crippen MR) is 38.7 cm³/mol. The van der Waals surface area contributed by atoms with Crippen molar-refractivity contribution in [2.75, 3.05) is 0 Å². The molecule has 0 saturated carbocycles. The molecule has 0 heterocycles. The van der Waals surface area contributed by atoms with E-state index in [0.717, 1.165) is 0 Å². The van der Waals surface area contributed by atoms with E-state index in [1.807, 2.05) is 26.0 Å². The first-order valence-electron chi connectivity index (χ1n) is 3.44. The third-order valence-electron chi connectivity index (χ3n) is 2.12. The molecule has 0 aromatic heterocycles. The third kappa shape index (κ3) is 1.06. The van der Waals surface area contributed by atoms with E-state index in [9.17, 15) is 4.79 Å². The molecular weight excluding hydrogens is 128 g/mol. The Morgan fingerprint density at radius 3 is 2.50 bits per heavy atom. The van der Waals surface area contributed by atoms with Gasteiger partial charge in [-0.05, 0) is 11.8 Å². The molecule has 0 radical (unpaired) electrons. The highest BCUT2D eigenvalue weighted by Gasteiger charge is 2.35. The van der Waals surface area contributed by atoms with Crippen LogP contribution in [0.2, 0.25) is 0 Å². The van der Waals surface area contributed by atoms with Gasteiger partial charge in [-0.1, -0.05) is 26.0 Å². The second-order valence-electron chi connectivity index (χ2n) is 3.35. The topological polar surface area (TPSA) is 37.3 Å². The van der Waals surface area contributed by atoms with Crippen LogP contribution in [0.5, 0.6) is 0 Å². The van der Waals surface area contributed by atoms with Gasteiger partial charge in [-0.2, -0.15) is 0 Å². The van der Waals surface area contributed by atoms with Gasteiger partial charge >= 0.3 is 5.97 Å². The van der Waals surface area contributed by atoms with Crippen LogP contribution in [0.3, 0.4) is 0 Å². The second-order valence-corrected chi connectivity index (χ2v) is 3.35. The maximum atomic E-state index is 10.6. The van der Waals surface area contributed by atoms with Crippen molar-refractivity contribution < 1.29 is 9.90 Å². The summed E-state index contributed by atoms with van der Waals surface area (Å²) in [6.45, 7) is 3.91. The quantitative estimate of drug-likeness (QED) is 0.562. The minimum absolute atomic E-state index is 0.147. The second kappa shape index (κ2) is 2.11. The molecule has 1 unspecified atom stereocenters. The van der Waals surface area contributed by atoms with Gasteiger partial charge in [-0.3, -0.25) is 4.79 Å². The van der Waals surface area contributed by atoms with Crippen molar-refractivity contribution in [2.24, 2.45) is 11.3 Å². The molecule has 0 spiro atoms. The maximum Gasteiger partial charge on any atom is 0.307 e. The minimum Gasteiger partial charge on any atom is -0.481 e. The van der Waals surface area contributed by atoms with E-state index >= 15 is 0 Å². The first-order chi connectivity index (χ1) is 4.54. The summed E-state index contributed by atoms with van der Waals surface area (Å²) >= 11 is 0. The van der Waals surface area contributed by atoms with Crippen LogP contribution in [-0.4, -0.2) is 11.1 Å². The summed E-state index contributed by atoms with van der Waals surface area (Å²) < 4.78 is 0. The third-order valence-corrected chi connectivity index (χ3v) is 2.12. The zero-order chi connectivity index (χ0) is 7.78. The Kier molecular flexibility index (Phi) is 1.55. The zero-order valence-corrected chi connectivity index (χ0v) is 6.29. The van der Waals surface area contributed by atoms with E-state index in [2.05, 4.69) is 0 Å². The van der Waals surface area contributed by atoms with Crippen molar-refractivity contribution in [2.45, 2.75) is 20.3 Å². The highest BCUT2D eigenvalue weighted by molar-refractivity contribution is 5.72. The SMILES string of the molecule is CC1(C)C=CCC1C(=O)O.